The van der Waals surface area contributed by atoms with Crippen LogP contribution in [0.5, 0.6) is 0 Å². The van der Waals surface area contributed by atoms with Gasteiger partial charge in [0.2, 0.25) is 0 Å². The summed E-state index contributed by atoms with van der Waals surface area (Å²) in [5, 5.41) is 38.6. The van der Waals surface area contributed by atoms with Crippen LogP contribution in [0.4, 0.5) is 8.78 Å². The van der Waals surface area contributed by atoms with Crippen LogP contribution in [0.3, 0.4) is 0 Å². The van der Waals surface area contributed by atoms with Gasteiger partial charge in [-0.15, -0.1) is 0 Å². The zero-order chi connectivity index (χ0) is 13.2. The van der Waals surface area contributed by atoms with E-state index >= 15 is 0 Å². The fraction of sp³-hybridized carbons (Fsp3) is 0.875. The molecule has 0 aromatic rings. The summed E-state index contributed by atoms with van der Waals surface area (Å²) in [4.78, 5) is 10.7. The minimum absolute atomic E-state index is 0.676. The first kappa shape index (κ1) is 14.2. The molecule has 1 saturated heterocycles. The molecule has 5 N–H and O–H groups in total. The lowest BCUT2D eigenvalue weighted by molar-refractivity contribution is -0.254. The van der Waals surface area contributed by atoms with Crippen LogP contribution in [0.1, 0.15) is 0 Å². The molecule has 1 rings (SSSR count). The third kappa shape index (κ3) is 3.07. The number of nitrogens with one attached hydrogen (secondary N) is 1. The summed E-state index contributed by atoms with van der Waals surface area (Å²) in [7, 11) is 0. The van der Waals surface area contributed by atoms with Crippen molar-refractivity contribution in [2.24, 2.45) is 0 Å². The smallest absolute Gasteiger partial charge is 0.315 e. The molecule has 0 bridgehead atoms. The number of aliphatic hydroxyl groups is 4. The van der Waals surface area contributed by atoms with Gasteiger partial charge in [-0.25, -0.2) is 0 Å². The third-order valence-electron chi connectivity index (χ3n) is 2.41. The number of ether oxygens (including phenoxy) is 1. The molecule has 0 aromatic carbocycles. The first-order valence-electron chi connectivity index (χ1n) is 4.77. The van der Waals surface area contributed by atoms with E-state index in [0.29, 0.717) is 0 Å². The van der Waals surface area contributed by atoms with E-state index in [0.717, 1.165) is 0 Å². The number of amides is 1. The molecule has 1 heterocycles. The van der Waals surface area contributed by atoms with Crippen LogP contribution in [0.15, 0.2) is 0 Å². The van der Waals surface area contributed by atoms with E-state index in [1.165, 1.54) is 0 Å². The first-order valence-corrected chi connectivity index (χ1v) is 4.77. The van der Waals surface area contributed by atoms with Crippen molar-refractivity contribution in [3.8, 4) is 0 Å². The van der Waals surface area contributed by atoms with Crippen LogP contribution in [-0.4, -0.2) is 70.0 Å². The van der Waals surface area contributed by atoms with Crippen LogP contribution in [0.2, 0.25) is 0 Å². The molecule has 1 amide bonds. The van der Waals surface area contributed by atoms with Crippen molar-refractivity contribution in [1.82, 2.24) is 5.32 Å². The van der Waals surface area contributed by atoms with Crippen molar-refractivity contribution in [2.75, 3.05) is 6.61 Å². The normalized spacial score (nSPS) is 38.2. The van der Waals surface area contributed by atoms with Crippen molar-refractivity contribution in [1.29, 1.82) is 0 Å². The van der Waals surface area contributed by atoms with Crippen LogP contribution in [0, 0.1) is 0 Å². The maximum absolute atomic E-state index is 12.0. The van der Waals surface area contributed by atoms with E-state index in [1.807, 2.05) is 0 Å². The van der Waals surface area contributed by atoms with Crippen molar-refractivity contribution in [3.05, 3.63) is 0 Å². The monoisotopic (exact) mass is 257 g/mol. The van der Waals surface area contributed by atoms with Gasteiger partial charge in [-0.2, -0.15) is 8.78 Å². The summed E-state index contributed by atoms with van der Waals surface area (Å²) in [5.41, 5.74) is 0. The van der Waals surface area contributed by atoms with E-state index in [2.05, 4.69) is 4.74 Å². The van der Waals surface area contributed by atoms with Gasteiger partial charge in [0, 0.05) is 0 Å². The largest absolute Gasteiger partial charge is 0.394 e. The maximum Gasteiger partial charge on any atom is 0.315 e. The van der Waals surface area contributed by atoms with Crippen molar-refractivity contribution < 1.29 is 38.7 Å². The minimum atomic E-state index is -3.32. The van der Waals surface area contributed by atoms with E-state index in [9.17, 15) is 28.9 Å². The number of alkyl halides is 2. The van der Waals surface area contributed by atoms with Gasteiger partial charge in [0.15, 0.2) is 6.29 Å². The highest BCUT2D eigenvalue weighted by Crippen LogP contribution is 2.19. The average molecular weight is 257 g/mol. The summed E-state index contributed by atoms with van der Waals surface area (Å²) in [6, 6.07) is -1.59. The topological polar surface area (TPSA) is 119 Å². The zero-order valence-corrected chi connectivity index (χ0v) is 8.53. The number of hydrogen-bond donors (Lipinski definition) is 5. The molecule has 1 fully saturated rings. The van der Waals surface area contributed by atoms with Crippen LogP contribution >= 0.6 is 0 Å². The summed E-state index contributed by atoms with van der Waals surface area (Å²) in [6.07, 6.45) is -9.69. The highest BCUT2D eigenvalue weighted by atomic mass is 19.3. The number of carbonyl (C=O) groups is 1. The SMILES string of the molecule is O=C(N[C@@H]1[C@@H](O)[C@H](O)[C@@H](CO)O[C@H]1O)C(F)F. The Labute approximate surface area is 94.6 Å². The van der Waals surface area contributed by atoms with Crippen LogP contribution in [0.25, 0.3) is 0 Å². The molecule has 0 spiro atoms. The molecule has 0 saturated carbocycles. The molecule has 5 atom stereocenters. The van der Waals surface area contributed by atoms with Gasteiger partial charge in [-0.05, 0) is 0 Å². The second-order valence-corrected chi connectivity index (χ2v) is 3.56. The van der Waals surface area contributed by atoms with E-state index in [4.69, 9.17) is 5.11 Å². The molecule has 7 nitrogen and oxygen atoms in total. The van der Waals surface area contributed by atoms with Gasteiger partial charge < -0.3 is 30.5 Å². The summed E-state index contributed by atoms with van der Waals surface area (Å²) in [6.45, 7) is -0.676. The maximum atomic E-state index is 12.0. The van der Waals surface area contributed by atoms with Gasteiger partial charge in [0.25, 0.3) is 5.91 Å². The average Bonchev–Trinajstić information content (AvgIpc) is 2.28. The molecule has 0 unspecified atom stereocenters. The lowest BCUT2D eigenvalue weighted by atomic mass is 9.97. The highest BCUT2D eigenvalue weighted by Gasteiger charge is 2.44. The Morgan fingerprint density at radius 1 is 1.29 bits per heavy atom. The van der Waals surface area contributed by atoms with Crippen LogP contribution in [-0.2, 0) is 9.53 Å². The predicted molar refractivity (Wildman–Crippen MR) is 47.9 cm³/mol. The fourth-order valence-electron chi connectivity index (χ4n) is 1.48. The number of aliphatic hydroxyl groups excluding tert-OH is 4. The molecule has 100 valence electrons. The third-order valence-corrected chi connectivity index (χ3v) is 2.41. The van der Waals surface area contributed by atoms with Gasteiger partial charge in [-0.1, -0.05) is 0 Å². The second kappa shape index (κ2) is 5.65. The lowest BCUT2D eigenvalue weighted by Gasteiger charge is -2.40. The Balaban J connectivity index is 2.69. The minimum Gasteiger partial charge on any atom is -0.394 e. The Morgan fingerprint density at radius 2 is 1.88 bits per heavy atom. The molecule has 0 aliphatic carbocycles. The number of halogens is 2. The van der Waals surface area contributed by atoms with E-state index in [-0.39, 0.29) is 0 Å². The molecule has 0 aromatic heterocycles. The molecule has 0 radical (unpaired) electrons. The van der Waals surface area contributed by atoms with Gasteiger partial charge in [-0.3, -0.25) is 4.79 Å². The predicted octanol–water partition coefficient (Wildman–Crippen LogP) is -2.83. The number of carbonyl (C=O) groups excluding carboxylic acids is 1. The zero-order valence-electron chi connectivity index (χ0n) is 8.53. The molecular formula is C8H13F2NO6. The molecule has 17 heavy (non-hydrogen) atoms. The standard InChI is InChI=1S/C8H13F2NO6/c9-6(10)7(15)11-3-5(14)4(13)2(1-12)17-8(3)16/h2-6,8,12-14,16H,1H2,(H,11,15)/t2-,3-,4-,5-,8-/m1/s1. The second-order valence-electron chi connectivity index (χ2n) is 3.56. The van der Waals surface area contributed by atoms with E-state index < -0.39 is 49.6 Å². The quantitative estimate of drug-likeness (QED) is 0.372. The summed E-state index contributed by atoms with van der Waals surface area (Å²) in [5.74, 6) is -1.70. The number of rotatable bonds is 3. The van der Waals surface area contributed by atoms with E-state index in [1.54, 1.807) is 5.32 Å². The molecule has 1 aliphatic rings. The van der Waals surface area contributed by atoms with Crippen molar-refractivity contribution in [3.63, 3.8) is 0 Å². The Morgan fingerprint density at radius 3 is 2.35 bits per heavy atom. The van der Waals surface area contributed by atoms with Gasteiger partial charge >= 0.3 is 6.43 Å². The molecule has 1 aliphatic heterocycles. The van der Waals surface area contributed by atoms with Crippen molar-refractivity contribution >= 4 is 5.91 Å². The molecule has 9 heteroatoms. The Kier molecular flexibility index (Phi) is 4.71. The van der Waals surface area contributed by atoms with Crippen LogP contribution < -0.4 is 5.32 Å². The van der Waals surface area contributed by atoms with Gasteiger partial charge in [0.1, 0.15) is 24.4 Å². The first-order chi connectivity index (χ1) is 7.88. The fourth-order valence-corrected chi connectivity index (χ4v) is 1.48. The summed E-state index contributed by atoms with van der Waals surface area (Å²) >= 11 is 0. The van der Waals surface area contributed by atoms with Gasteiger partial charge in [0.05, 0.1) is 6.61 Å². The summed E-state index contributed by atoms with van der Waals surface area (Å²) < 4.78 is 28.6. The highest BCUT2D eigenvalue weighted by molar-refractivity contribution is 5.79. The Hall–Kier alpha value is -0.870. The Bertz CT molecular complexity index is 279. The molecular weight excluding hydrogens is 244 g/mol. The number of hydrogen-bond acceptors (Lipinski definition) is 6. The van der Waals surface area contributed by atoms with Crippen molar-refractivity contribution in [2.45, 2.75) is 37.1 Å². The lowest BCUT2D eigenvalue weighted by Crippen LogP contribution is -2.64.